The van der Waals surface area contributed by atoms with Crippen molar-refractivity contribution in [2.24, 2.45) is 4.99 Å². The highest BCUT2D eigenvalue weighted by molar-refractivity contribution is 5.79. The zero-order valence-corrected chi connectivity index (χ0v) is 18.0. The molecule has 1 aromatic carbocycles. The summed E-state index contributed by atoms with van der Waals surface area (Å²) in [6.07, 6.45) is 0.986. The molecule has 6 heteroatoms. The maximum Gasteiger partial charge on any atom is 0.191 e. The van der Waals surface area contributed by atoms with Crippen LogP contribution in [-0.2, 0) is 17.8 Å². The Bertz CT molecular complexity index is 553. The van der Waals surface area contributed by atoms with Crippen molar-refractivity contribution in [3.05, 3.63) is 35.4 Å². The number of benzene rings is 1. The molecule has 1 saturated heterocycles. The van der Waals surface area contributed by atoms with Gasteiger partial charge in [0.2, 0.25) is 0 Å². The number of piperazine rings is 1. The first-order valence-corrected chi connectivity index (χ1v) is 10.9. The molecule has 158 valence electrons. The van der Waals surface area contributed by atoms with Crippen molar-refractivity contribution in [2.75, 3.05) is 59.0 Å². The number of likely N-dealkylation sites (N-methyl/N-ethyl adjacent to an activating group) is 1. The molecule has 1 aromatic rings. The van der Waals surface area contributed by atoms with Crippen LogP contribution in [0.2, 0.25) is 0 Å². The van der Waals surface area contributed by atoms with Crippen LogP contribution in [0.5, 0.6) is 0 Å². The topological polar surface area (TPSA) is 52.1 Å². The highest BCUT2D eigenvalue weighted by atomic mass is 16.5. The number of ether oxygens (including phenoxy) is 1. The van der Waals surface area contributed by atoms with E-state index in [0.29, 0.717) is 6.54 Å². The van der Waals surface area contributed by atoms with Crippen molar-refractivity contribution in [2.45, 2.75) is 40.3 Å². The van der Waals surface area contributed by atoms with Crippen LogP contribution in [0.1, 0.15) is 38.3 Å². The second kappa shape index (κ2) is 13.5. The standard InChI is InChI=1S/C22H39N5O/c1-4-23-22(24-12-7-17-28-6-3)25-18-20-8-10-21(11-9-20)19-27-15-13-26(5-2)14-16-27/h8-11H,4-7,12-19H2,1-3H3,(H2,23,24,25). The van der Waals surface area contributed by atoms with Crippen molar-refractivity contribution in [1.82, 2.24) is 20.4 Å². The fourth-order valence-corrected chi connectivity index (χ4v) is 3.31. The average molecular weight is 390 g/mol. The van der Waals surface area contributed by atoms with E-state index in [0.717, 1.165) is 45.2 Å². The maximum atomic E-state index is 5.38. The lowest BCUT2D eigenvalue weighted by Gasteiger charge is -2.34. The van der Waals surface area contributed by atoms with Crippen LogP contribution in [0.15, 0.2) is 29.3 Å². The van der Waals surface area contributed by atoms with Crippen molar-refractivity contribution in [3.63, 3.8) is 0 Å². The molecule has 0 unspecified atom stereocenters. The molecule has 6 nitrogen and oxygen atoms in total. The summed E-state index contributed by atoms with van der Waals surface area (Å²) in [4.78, 5) is 9.77. The van der Waals surface area contributed by atoms with Crippen LogP contribution < -0.4 is 10.6 Å². The van der Waals surface area contributed by atoms with Gasteiger partial charge in [-0.1, -0.05) is 31.2 Å². The first-order valence-electron chi connectivity index (χ1n) is 10.9. The summed E-state index contributed by atoms with van der Waals surface area (Å²) in [7, 11) is 0. The van der Waals surface area contributed by atoms with E-state index >= 15 is 0 Å². The fraction of sp³-hybridized carbons (Fsp3) is 0.682. The van der Waals surface area contributed by atoms with Crippen LogP contribution in [0, 0.1) is 0 Å². The summed E-state index contributed by atoms with van der Waals surface area (Å²) >= 11 is 0. The van der Waals surface area contributed by atoms with Crippen LogP contribution in [0.3, 0.4) is 0 Å². The fourth-order valence-electron chi connectivity index (χ4n) is 3.31. The van der Waals surface area contributed by atoms with Crippen molar-refractivity contribution < 1.29 is 4.74 Å². The maximum absolute atomic E-state index is 5.38. The molecule has 1 aliphatic rings. The van der Waals surface area contributed by atoms with Crippen LogP contribution in [-0.4, -0.2) is 74.8 Å². The van der Waals surface area contributed by atoms with Gasteiger partial charge in [0, 0.05) is 59.0 Å². The van der Waals surface area contributed by atoms with E-state index in [-0.39, 0.29) is 0 Å². The van der Waals surface area contributed by atoms with Gasteiger partial charge in [0.05, 0.1) is 6.54 Å². The highest BCUT2D eigenvalue weighted by Crippen LogP contribution is 2.11. The molecule has 28 heavy (non-hydrogen) atoms. The monoisotopic (exact) mass is 389 g/mol. The van der Waals surface area contributed by atoms with Gasteiger partial charge in [-0.25, -0.2) is 4.99 Å². The third kappa shape index (κ3) is 8.59. The van der Waals surface area contributed by atoms with Gasteiger partial charge >= 0.3 is 0 Å². The van der Waals surface area contributed by atoms with E-state index in [1.54, 1.807) is 0 Å². The number of nitrogens with zero attached hydrogens (tertiary/aromatic N) is 3. The quantitative estimate of drug-likeness (QED) is 0.346. The van der Waals surface area contributed by atoms with Crippen LogP contribution in [0.4, 0.5) is 0 Å². The molecule has 0 saturated carbocycles. The Morgan fingerprint density at radius 1 is 0.964 bits per heavy atom. The van der Waals surface area contributed by atoms with Gasteiger partial charge in [0.1, 0.15) is 0 Å². The van der Waals surface area contributed by atoms with Gasteiger partial charge in [-0.15, -0.1) is 0 Å². The molecule has 1 aliphatic heterocycles. The normalized spacial score (nSPS) is 16.3. The number of aliphatic imine (C=N–C) groups is 1. The Morgan fingerprint density at radius 2 is 1.64 bits per heavy atom. The summed E-state index contributed by atoms with van der Waals surface area (Å²) in [5, 5.41) is 6.68. The van der Waals surface area contributed by atoms with Gasteiger partial charge in [-0.05, 0) is 37.9 Å². The summed E-state index contributed by atoms with van der Waals surface area (Å²) < 4.78 is 5.38. The molecule has 1 heterocycles. The lowest BCUT2D eigenvalue weighted by molar-refractivity contribution is 0.132. The van der Waals surface area contributed by atoms with Crippen molar-refractivity contribution in [3.8, 4) is 0 Å². The third-order valence-electron chi connectivity index (χ3n) is 5.07. The molecule has 0 aromatic heterocycles. The first-order chi connectivity index (χ1) is 13.7. The largest absolute Gasteiger partial charge is 0.382 e. The van der Waals surface area contributed by atoms with Gasteiger partial charge < -0.3 is 20.3 Å². The van der Waals surface area contributed by atoms with E-state index in [9.17, 15) is 0 Å². The Balaban J connectivity index is 1.77. The molecule has 2 N–H and O–H groups in total. The molecule has 2 rings (SSSR count). The van der Waals surface area contributed by atoms with Crippen LogP contribution in [0.25, 0.3) is 0 Å². The second-order valence-corrected chi connectivity index (χ2v) is 7.20. The summed E-state index contributed by atoms with van der Waals surface area (Å²) in [6, 6.07) is 8.92. The predicted octanol–water partition coefficient (Wildman–Crippen LogP) is 2.31. The zero-order chi connectivity index (χ0) is 20.0. The Hall–Kier alpha value is -1.63. The number of hydrogen-bond acceptors (Lipinski definition) is 4. The Kier molecular flexibility index (Phi) is 10.9. The second-order valence-electron chi connectivity index (χ2n) is 7.20. The van der Waals surface area contributed by atoms with E-state index in [1.165, 1.54) is 43.9 Å². The summed E-state index contributed by atoms with van der Waals surface area (Å²) in [6.45, 7) is 17.3. The molecule has 0 amide bonds. The SMILES string of the molecule is CCNC(=NCc1ccc(CN2CCN(CC)CC2)cc1)NCCCOCC. The smallest absolute Gasteiger partial charge is 0.191 e. The van der Waals surface area contributed by atoms with Crippen molar-refractivity contribution in [1.29, 1.82) is 0 Å². The predicted molar refractivity (Wildman–Crippen MR) is 118 cm³/mol. The van der Waals surface area contributed by atoms with Gasteiger partial charge in [0.25, 0.3) is 0 Å². The average Bonchev–Trinajstić information content (AvgIpc) is 2.73. The molecule has 0 spiro atoms. The molecule has 0 aliphatic carbocycles. The summed E-state index contributed by atoms with van der Waals surface area (Å²) in [5.41, 5.74) is 2.63. The molecule has 0 atom stereocenters. The van der Waals surface area contributed by atoms with Crippen molar-refractivity contribution >= 4 is 5.96 Å². The minimum absolute atomic E-state index is 0.691. The van der Waals surface area contributed by atoms with Gasteiger partial charge in [-0.2, -0.15) is 0 Å². The van der Waals surface area contributed by atoms with Gasteiger partial charge in [0.15, 0.2) is 5.96 Å². The van der Waals surface area contributed by atoms with E-state index in [1.807, 2.05) is 6.92 Å². The number of hydrogen-bond donors (Lipinski definition) is 2. The van der Waals surface area contributed by atoms with E-state index in [2.05, 4.69) is 58.5 Å². The zero-order valence-electron chi connectivity index (χ0n) is 18.0. The Morgan fingerprint density at radius 3 is 2.29 bits per heavy atom. The van der Waals surface area contributed by atoms with Crippen LogP contribution >= 0.6 is 0 Å². The van der Waals surface area contributed by atoms with E-state index in [4.69, 9.17) is 9.73 Å². The lowest BCUT2D eigenvalue weighted by atomic mass is 10.1. The number of nitrogens with one attached hydrogen (secondary N) is 2. The third-order valence-corrected chi connectivity index (χ3v) is 5.07. The molecule has 0 bridgehead atoms. The number of rotatable bonds is 11. The molecule has 1 fully saturated rings. The van der Waals surface area contributed by atoms with E-state index < -0.39 is 0 Å². The number of guanidine groups is 1. The molecular weight excluding hydrogens is 350 g/mol. The summed E-state index contributed by atoms with van der Waals surface area (Å²) in [5.74, 6) is 0.872. The minimum Gasteiger partial charge on any atom is -0.382 e. The Labute approximate surface area is 171 Å². The lowest BCUT2D eigenvalue weighted by Crippen LogP contribution is -2.45. The minimum atomic E-state index is 0.691. The molecular formula is C22H39N5O. The first kappa shape index (κ1) is 22.7. The van der Waals surface area contributed by atoms with Gasteiger partial charge in [-0.3, -0.25) is 4.90 Å². The molecule has 0 radical (unpaired) electrons. The highest BCUT2D eigenvalue weighted by Gasteiger charge is 2.15.